The topological polar surface area (TPSA) is 121 Å². The number of hydrogen-bond donors (Lipinski definition) is 1. The second-order valence-corrected chi connectivity index (χ2v) is 17.9. The maximum Gasteiger partial charge on any atom is 0.264 e. The minimum Gasteiger partial charge on any atom is -0.396 e. The number of hydrogen-bond acceptors (Lipinski definition) is 7. The lowest BCUT2D eigenvalue weighted by molar-refractivity contribution is -0.146. The molecule has 1 N–H and O–H groups in total. The molecule has 0 aliphatic carbocycles. The molecule has 5 heterocycles. The van der Waals surface area contributed by atoms with Crippen LogP contribution in [0.5, 0.6) is 0 Å². The molecule has 4 aliphatic rings. The molecule has 3 amide bonds. The molecule has 1 spiro atoms. The highest BCUT2D eigenvalue weighted by Crippen LogP contribution is 2.60. The molecule has 3 fully saturated rings. The van der Waals surface area contributed by atoms with Crippen molar-refractivity contribution in [3.63, 3.8) is 0 Å². The Bertz CT molecular complexity index is 1740. The summed E-state index contributed by atoms with van der Waals surface area (Å²) in [6.07, 6.45) is 4.63. The highest BCUT2D eigenvalue weighted by Gasteiger charge is 2.66. The molecule has 254 valence electrons. The Labute approximate surface area is 280 Å². The van der Waals surface area contributed by atoms with Gasteiger partial charge in [-0.05, 0) is 68.3 Å². The summed E-state index contributed by atoms with van der Waals surface area (Å²) in [4.78, 5) is 45.5. The predicted octanol–water partition coefficient (Wildman–Crippen LogP) is 4.48. The van der Waals surface area contributed by atoms with Crippen molar-refractivity contribution < 1.29 is 28.3 Å². The first-order valence-electron chi connectivity index (χ1n) is 17.0. The monoisotopic (exact) mass is 674 g/mol. The van der Waals surface area contributed by atoms with Crippen molar-refractivity contribution in [2.24, 2.45) is 5.92 Å². The van der Waals surface area contributed by atoms with E-state index in [1.165, 1.54) is 0 Å². The Morgan fingerprint density at radius 1 is 1.02 bits per heavy atom. The second kappa shape index (κ2) is 12.5. The molecule has 0 radical (unpaired) electrons. The van der Waals surface area contributed by atoms with Crippen LogP contribution in [0.15, 0.2) is 48.7 Å². The molecule has 13 heteroatoms. The zero-order valence-corrected chi connectivity index (χ0v) is 28.8. The zero-order valence-electron chi connectivity index (χ0n) is 27.8. The fraction of sp³-hybridized carbons (Fsp3) is 0.514. The van der Waals surface area contributed by atoms with Crippen LogP contribution in [0.2, 0.25) is 18.6 Å². The molecule has 2 aromatic carbocycles. The number of aryl methyl sites for hydroxylation is 1. The van der Waals surface area contributed by atoms with Crippen molar-refractivity contribution in [3.05, 3.63) is 65.5 Å². The summed E-state index contributed by atoms with van der Waals surface area (Å²) in [5, 5.41) is 17.6. The van der Waals surface area contributed by atoms with E-state index in [-0.39, 0.29) is 30.9 Å². The first kappa shape index (κ1) is 32.6. The van der Waals surface area contributed by atoms with Gasteiger partial charge in [0.1, 0.15) is 0 Å². The number of anilines is 3. The van der Waals surface area contributed by atoms with Gasteiger partial charge in [-0.25, -0.2) is 0 Å². The molecular weight excluding hydrogens is 632 g/mol. The van der Waals surface area contributed by atoms with Crippen LogP contribution in [-0.4, -0.2) is 72.0 Å². The second-order valence-electron chi connectivity index (χ2n) is 14.1. The number of nitrogens with zero attached hydrogens (tertiary/aromatic N) is 6. The van der Waals surface area contributed by atoms with Gasteiger partial charge in [0.25, 0.3) is 5.91 Å². The summed E-state index contributed by atoms with van der Waals surface area (Å²) < 4.78 is 25.0. The first-order valence-corrected chi connectivity index (χ1v) is 20.0. The van der Waals surface area contributed by atoms with Gasteiger partial charge in [-0.1, -0.05) is 24.3 Å². The standard InChI is InChI=1S/C35H43FN6O5Si/c1-23-33(48(2,3)36)30(13-17-39-22-25(14-18-43)37-38-39)47-35(23)28-20-27(41-16-6-10-32(41)45)11-12-29(28)42(34(35)46)21-24-7-4-8-26(19-24)40-15-5-9-31(40)44/h4,7-8,11-12,19-20,22-23,30,33,43H,5-6,9-10,13-18,21H2,1-3H3/t23-,30+,33-,35+/m0/s1. The quantitative estimate of drug-likeness (QED) is 0.249. The number of ether oxygens (including phenoxy) is 1. The summed E-state index contributed by atoms with van der Waals surface area (Å²) in [5.74, 6) is -0.588. The van der Waals surface area contributed by atoms with E-state index in [0.29, 0.717) is 67.9 Å². The molecule has 4 aliphatic heterocycles. The maximum atomic E-state index is 16.4. The van der Waals surface area contributed by atoms with Crippen LogP contribution in [0, 0.1) is 5.92 Å². The van der Waals surface area contributed by atoms with Crippen molar-refractivity contribution in [2.75, 3.05) is 34.4 Å². The van der Waals surface area contributed by atoms with Gasteiger partial charge in [0, 0.05) is 80.1 Å². The van der Waals surface area contributed by atoms with Gasteiger partial charge < -0.3 is 28.7 Å². The number of aliphatic hydroxyl groups is 1. The summed E-state index contributed by atoms with van der Waals surface area (Å²) >= 11 is 0. The number of aromatic nitrogens is 3. The van der Waals surface area contributed by atoms with Crippen LogP contribution < -0.4 is 14.7 Å². The number of fused-ring (bicyclic) bond motifs is 2. The number of aliphatic hydroxyl groups excluding tert-OH is 1. The molecule has 1 aromatic heterocycles. The molecule has 4 atom stereocenters. The third kappa shape index (κ3) is 5.55. The van der Waals surface area contributed by atoms with E-state index in [0.717, 1.165) is 24.1 Å². The van der Waals surface area contributed by atoms with E-state index >= 15 is 4.11 Å². The highest BCUT2D eigenvalue weighted by atomic mass is 28.4. The Kier molecular flexibility index (Phi) is 8.49. The SMILES string of the molecule is C[C@H]1[C@H]([Si](C)(C)F)[C@@H](CCn2cc(CCO)nn2)O[C@]12C(=O)N(Cc1cccc(N3CCCC3=O)c1)c1ccc(N3CCCC3=O)cc12. The average Bonchev–Trinajstić information content (AvgIpc) is 3.87. The van der Waals surface area contributed by atoms with Crippen molar-refractivity contribution >= 4 is 43.2 Å². The fourth-order valence-corrected chi connectivity index (χ4v) is 11.0. The molecule has 48 heavy (non-hydrogen) atoms. The number of rotatable bonds is 10. The molecule has 0 unspecified atom stereocenters. The normalized spacial score (nSPS) is 25.7. The summed E-state index contributed by atoms with van der Waals surface area (Å²) in [6.45, 7) is 7.21. The van der Waals surface area contributed by atoms with Crippen LogP contribution >= 0.6 is 0 Å². The molecule has 7 rings (SSSR count). The lowest BCUT2D eigenvalue weighted by Gasteiger charge is -2.31. The van der Waals surface area contributed by atoms with Gasteiger partial charge in [0.15, 0.2) is 5.60 Å². The Morgan fingerprint density at radius 2 is 1.73 bits per heavy atom. The number of halogens is 1. The van der Waals surface area contributed by atoms with Gasteiger partial charge in [0.2, 0.25) is 20.2 Å². The number of amides is 3. The van der Waals surface area contributed by atoms with E-state index in [1.807, 2.05) is 49.4 Å². The average molecular weight is 675 g/mol. The van der Waals surface area contributed by atoms with Crippen molar-refractivity contribution in [3.8, 4) is 0 Å². The van der Waals surface area contributed by atoms with Gasteiger partial charge >= 0.3 is 0 Å². The van der Waals surface area contributed by atoms with Gasteiger partial charge in [-0.2, -0.15) is 0 Å². The lowest BCUT2D eigenvalue weighted by atomic mass is 9.82. The lowest BCUT2D eigenvalue weighted by Crippen LogP contribution is -2.45. The zero-order chi connectivity index (χ0) is 33.8. The van der Waals surface area contributed by atoms with Crippen molar-refractivity contribution in [2.45, 2.75) is 88.9 Å². The Morgan fingerprint density at radius 3 is 2.38 bits per heavy atom. The van der Waals surface area contributed by atoms with E-state index in [2.05, 4.69) is 10.3 Å². The molecule has 11 nitrogen and oxygen atoms in total. The summed E-state index contributed by atoms with van der Waals surface area (Å²) in [7, 11) is -3.39. The summed E-state index contributed by atoms with van der Waals surface area (Å²) in [6, 6.07) is 13.4. The number of carbonyl (C=O) groups is 3. The maximum absolute atomic E-state index is 16.4. The predicted molar refractivity (Wildman–Crippen MR) is 181 cm³/mol. The van der Waals surface area contributed by atoms with Crippen LogP contribution in [-0.2, 0) is 44.2 Å². The minimum atomic E-state index is -3.39. The largest absolute Gasteiger partial charge is 0.396 e. The Hall–Kier alpha value is -3.94. The molecular formula is C35H43FN6O5Si. The van der Waals surface area contributed by atoms with E-state index in [1.54, 1.807) is 38.7 Å². The third-order valence-corrected chi connectivity index (χ3v) is 13.0. The van der Waals surface area contributed by atoms with Crippen LogP contribution in [0.1, 0.15) is 55.8 Å². The van der Waals surface area contributed by atoms with Crippen LogP contribution in [0.4, 0.5) is 21.2 Å². The smallest absolute Gasteiger partial charge is 0.264 e. The molecule has 0 bridgehead atoms. The number of benzene rings is 2. The van der Waals surface area contributed by atoms with Crippen molar-refractivity contribution in [1.82, 2.24) is 15.0 Å². The highest BCUT2D eigenvalue weighted by molar-refractivity contribution is 6.72. The first-order chi connectivity index (χ1) is 23.0. The Balaban J connectivity index is 1.26. The van der Waals surface area contributed by atoms with Gasteiger partial charge in [-0.3, -0.25) is 19.1 Å². The molecule has 3 saturated heterocycles. The third-order valence-electron chi connectivity index (χ3n) is 10.6. The van der Waals surface area contributed by atoms with E-state index in [4.69, 9.17) is 4.74 Å². The van der Waals surface area contributed by atoms with Crippen LogP contribution in [0.3, 0.4) is 0 Å². The van der Waals surface area contributed by atoms with Crippen LogP contribution in [0.25, 0.3) is 0 Å². The molecule has 3 aromatic rings. The fourth-order valence-electron chi connectivity index (χ4n) is 8.41. The molecule has 0 saturated carbocycles. The van der Waals surface area contributed by atoms with Gasteiger partial charge in [-0.15, -0.1) is 5.10 Å². The summed E-state index contributed by atoms with van der Waals surface area (Å²) in [5.41, 5.74) is 2.49. The number of carbonyl (C=O) groups excluding carboxylic acids is 3. The van der Waals surface area contributed by atoms with Crippen molar-refractivity contribution in [1.29, 1.82) is 0 Å². The van der Waals surface area contributed by atoms with E-state index < -0.39 is 31.6 Å². The minimum absolute atomic E-state index is 0.0299. The van der Waals surface area contributed by atoms with E-state index in [9.17, 15) is 19.5 Å². The van der Waals surface area contributed by atoms with Gasteiger partial charge in [0.05, 0.1) is 24.0 Å².